The van der Waals surface area contributed by atoms with Crippen LogP contribution >= 0.6 is 0 Å². The Morgan fingerprint density at radius 2 is 1.26 bits per heavy atom. The van der Waals surface area contributed by atoms with Crippen LogP contribution in [0.1, 0.15) is 25.0 Å². The number of ether oxygens (including phenoxy) is 2. The number of fused-ring (bicyclic) bond motifs is 3. The minimum Gasteiger partial charge on any atom is -0.490 e. The molecule has 2 heteroatoms. The van der Waals surface area contributed by atoms with E-state index in [1.165, 1.54) is 22.3 Å². The van der Waals surface area contributed by atoms with Crippen molar-refractivity contribution in [3.05, 3.63) is 72.8 Å². The molecule has 0 fully saturated rings. The number of rotatable bonds is 6. The van der Waals surface area contributed by atoms with Gasteiger partial charge in [-0.3, -0.25) is 0 Å². The summed E-state index contributed by atoms with van der Waals surface area (Å²) in [5.41, 5.74) is 5.06. The Morgan fingerprint density at radius 3 is 1.65 bits per heavy atom. The van der Waals surface area contributed by atoms with E-state index in [1.54, 1.807) is 12.2 Å². The quantitative estimate of drug-likeness (QED) is 0.689. The van der Waals surface area contributed by atoms with E-state index in [9.17, 15) is 0 Å². The summed E-state index contributed by atoms with van der Waals surface area (Å²) in [6, 6.07) is 12.6. The van der Waals surface area contributed by atoms with Crippen molar-refractivity contribution >= 4 is 0 Å². The molecule has 23 heavy (non-hydrogen) atoms. The zero-order valence-corrected chi connectivity index (χ0v) is 13.8. The Labute approximate surface area is 138 Å². The van der Waals surface area contributed by atoms with Gasteiger partial charge in [0, 0.05) is 5.41 Å². The van der Waals surface area contributed by atoms with Gasteiger partial charge < -0.3 is 9.47 Å². The summed E-state index contributed by atoms with van der Waals surface area (Å²) in [5, 5.41) is 0. The largest absolute Gasteiger partial charge is 0.490 e. The Balaban J connectivity index is 2.07. The third-order valence-electron chi connectivity index (χ3n) is 4.35. The molecule has 2 aromatic rings. The van der Waals surface area contributed by atoms with Crippen LogP contribution in [0.15, 0.2) is 61.7 Å². The molecule has 0 aliphatic heterocycles. The molecule has 0 amide bonds. The first kappa shape index (κ1) is 15.4. The summed E-state index contributed by atoms with van der Waals surface area (Å²) in [7, 11) is 0. The van der Waals surface area contributed by atoms with E-state index in [2.05, 4.69) is 51.3 Å². The number of benzene rings is 2. The standard InChI is InChI=1S/C21H22O2/c1-5-11-22-15-7-9-19-17(13-15)18-14-16(23-12-6-2)8-10-20(18)21(19,3)4/h5-10,13-14H,1-2,11-12H2,3-4H3. The Kier molecular flexibility index (Phi) is 3.99. The minimum atomic E-state index is -0.0153. The van der Waals surface area contributed by atoms with Gasteiger partial charge in [-0.05, 0) is 46.5 Å². The molecule has 0 saturated heterocycles. The molecular weight excluding hydrogens is 284 g/mol. The highest BCUT2D eigenvalue weighted by Crippen LogP contribution is 2.50. The predicted octanol–water partition coefficient (Wildman–Crippen LogP) is 5.12. The Hall–Kier alpha value is -2.48. The van der Waals surface area contributed by atoms with E-state index in [0.29, 0.717) is 13.2 Å². The average molecular weight is 306 g/mol. The van der Waals surface area contributed by atoms with Crippen LogP contribution in [0.25, 0.3) is 11.1 Å². The van der Waals surface area contributed by atoms with Crippen LogP contribution in [0.4, 0.5) is 0 Å². The van der Waals surface area contributed by atoms with Gasteiger partial charge in [0.25, 0.3) is 0 Å². The first-order valence-corrected chi connectivity index (χ1v) is 7.84. The van der Waals surface area contributed by atoms with Gasteiger partial charge in [0.15, 0.2) is 0 Å². The van der Waals surface area contributed by atoms with Gasteiger partial charge in [-0.25, -0.2) is 0 Å². The summed E-state index contributed by atoms with van der Waals surface area (Å²) in [5.74, 6) is 1.73. The molecule has 3 rings (SSSR count). The van der Waals surface area contributed by atoms with Crippen LogP contribution in [-0.2, 0) is 5.41 Å². The van der Waals surface area contributed by atoms with Crippen LogP contribution in [-0.4, -0.2) is 13.2 Å². The second-order valence-electron chi connectivity index (χ2n) is 6.24. The molecule has 0 saturated carbocycles. The van der Waals surface area contributed by atoms with E-state index in [-0.39, 0.29) is 5.41 Å². The summed E-state index contributed by atoms with van der Waals surface area (Å²) in [6.45, 7) is 12.9. The smallest absolute Gasteiger partial charge is 0.120 e. The summed E-state index contributed by atoms with van der Waals surface area (Å²) < 4.78 is 11.4. The maximum atomic E-state index is 5.70. The minimum absolute atomic E-state index is 0.0153. The van der Waals surface area contributed by atoms with E-state index < -0.39 is 0 Å². The van der Waals surface area contributed by atoms with Crippen LogP contribution in [0.3, 0.4) is 0 Å². The third kappa shape index (κ3) is 2.65. The molecule has 0 unspecified atom stereocenters. The van der Waals surface area contributed by atoms with Gasteiger partial charge in [0.1, 0.15) is 24.7 Å². The molecule has 0 heterocycles. The van der Waals surface area contributed by atoms with Crippen molar-refractivity contribution < 1.29 is 9.47 Å². The average Bonchev–Trinajstić information content (AvgIpc) is 2.78. The first-order valence-electron chi connectivity index (χ1n) is 7.84. The highest BCUT2D eigenvalue weighted by molar-refractivity contribution is 5.82. The Bertz CT molecular complexity index is 693. The summed E-state index contributed by atoms with van der Waals surface area (Å²) >= 11 is 0. The normalized spacial score (nSPS) is 13.8. The number of hydrogen-bond acceptors (Lipinski definition) is 2. The molecule has 118 valence electrons. The molecule has 0 N–H and O–H groups in total. The SMILES string of the molecule is C=CCOc1ccc2c(c1)-c1cc(OCC=C)ccc1C2(C)C. The van der Waals surface area contributed by atoms with Gasteiger partial charge in [-0.2, -0.15) is 0 Å². The lowest BCUT2D eigenvalue weighted by Crippen LogP contribution is -2.14. The fraction of sp³-hybridized carbons (Fsp3) is 0.238. The fourth-order valence-corrected chi connectivity index (χ4v) is 3.22. The van der Waals surface area contributed by atoms with E-state index >= 15 is 0 Å². The Morgan fingerprint density at radius 1 is 0.826 bits per heavy atom. The molecular formula is C21H22O2. The maximum Gasteiger partial charge on any atom is 0.120 e. The highest BCUT2D eigenvalue weighted by Gasteiger charge is 2.35. The van der Waals surface area contributed by atoms with Gasteiger partial charge >= 0.3 is 0 Å². The second kappa shape index (κ2) is 5.96. The van der Waals surface area contributed by atoms with Crippen molar-refractivity contribution in [1.82, 2.24) is 0 Å². The molecule has 0 spiro atoms. The van der Waals surface area contributed by atoms with Gasteiger partial charge in [0.05, 0.1) is 0 Å². The topological polar surface area (TPSA) is 18.5 Å². The molecule has 2 aromatic carbocycles. The van der Waals surface area contributed by atoms with Crippen molar-refractivity contribution in [2.24, 2.45) is 0 Å². The summed E-state index contributed by atoms with van der Waals surface area (Å²) in [4.78, 5) is 0. The van der Waals surface area contributed by atoms with Crippen molar-refractivity contribution in [1.29, 1.82) is 0 Å². The van der Waals surface area contributed by atoms with Crippen molar-refractivity contribution in [3.8, 4) is 22.6 Å². The van der Waals surface area contributed by atoms with E-state index in [1.807, 2.05) is 12.1 Å². The monoisotopic (exact) mass is 306 g/mol. The van der Waals surface area contributed by atoms with Crippen LogP contribution < -0.4 is 9.47 Å². The van der Waals surface area contributed by atoms with Crippen LogP contribution in [0.2, 0.25) is 0 Å². The van der Waals surface area contributed by atoms with Crippen molar-refractivity contribution in [2.45, 2.75) is 19.3 Å². The maximum absolute atomic E-state index is 5.70. The van der Waals surface area contributed by atoms with Crippen molar-refractivity contribution in [3.63, 3.8) is 0 Å². The molecule has 1 aliphatic rings. The zero-order valence-electron chi connectivity index (χ0n) is 13.8. The third-order valence-corrected chi connectivity index (χ3v) is 4.35. The second-order valence-corrected chi connectivity index (χ2v) is 6.24. The molecule has 1 aliphatic carbocycles. The lowest BCUT2D eigenvalue weighted by Gasteiger charge is -2.21. The molecule has 0 bridgehead atoms. The number of hydrogen-bond donors (Lipinski definition) is 0. The molecule has 2 nitrogen and oxygen atoms in total. The summed E-state index contributed by atoms with van der Waals surface area (Å²) in [6.07, 6.45) is 3.51. The molecule has 0 atom stereocenters. The zero-order chi connectivity index (χ0) is 16.4. The molecule has 0 aromatic heterocycles. The fourth-order valence-electron chi connectivity index (χ4n) is 3.22. The van der Waals surface area contributed by atoms with Gasteiger partial charge in [-0.15, -0.1) is 0 Å². The van der Waals surface area contributed by atoms with Crippen molar-refractivity contribution in [2.75, 3.05) is 13.2 Å². The lowest BCUT2D eigenvalue weighted by molar-refractivity contribution is 0.363. The van der Waals surface area contributed by atoms with Crippen LogP contribution in [0, 0.1) is 0 Å². The van der Waals surface area contributed by atoms with Crippen LogP contribution in [0.5, 0.6) is 11.5 Å². The van der Waals surface area contributed by atoms with Gasteiger partial charge in [-0.1, -0.05) is 51.3 Å². The first-order chi connectivity index (χ1) is 11.1. The highest BCUT2D eigenvalue weighted by atomic mass is 16.5. The van der Waals surface area contributed by atoms with Gasteiger partial charge in [0.2, 0.25) is 0 Å². The lowest BCUT2D eigenvalue weighted by atomic mass is 9.82. The molecule has 0 radical (unpaired) electrons. The van der Waals surface area contributed by atoms with E-state index in [0.717, 1.165) is 11.5 Å². The predicted molar refractivity (Wildman–Crippen MR) is 95.4 cm³/mol. The van der Waals surface area contributed by atoms with E-state index in [4.69, 9.17) is 9.47 Å².